The van der Waals surface area contributed by atoms with Gasteiger partial charge in [0.15, 0.2) is 0 Å². The smallest absolute Gasteiger partial charge is 0.0548 e. The van der Waals surface area contributed by atoms with E-state index in [0.717, 1.165) is 32.9 Å². The van der Waals surface area contributed by atoms with Gasteiger partial charge >= 0.3 is 0 Å². The second-order valence-electron chi connectivity index (χ2n) is 5.35. The average Bonchev–Trinajstić information content (AvgIpc) is 2.44. The third kappa shape index (κ3) is 5.55. The largest absolute Gasteiger partial charge is 0.312 e. The highest BCUT2D eigenvalue weighted by Gasteiger charge is 2.05. The zero-order valence-electron chi connectivity index (χ0n) is 12.2. The fourth-order valence-corrected chi connectivity index (χ4v) is 3.14. The number of halogens is 2. The lowest BCUT2D eigenvalue weighted by Crippen LogP contribution is -2.18. The summed E-state index contributed by atoms with van der Waals surface area (Å²) < 4.78 is 0. The molecule has 0 aromatic heterocycles. The topological polar surface area (TPSA) is 12.0 Å². The molecule has 0 aliphatic heterocycles. The Balaban J connectivity index is 2.00. The van der Waals surface area contributed by atoms with E-state index in [1.807, 2.05) is 30.3 Å². The molecule has 2 aromatic carbocycles. The van der Waals surface area contributed by atoms with E-state index in [1.165, 1.54) is 5.56 Å². The standard InChI is InChI=1S/C17H19Cl2NS/c1-12(2)10-20-11-13-3-8-17(16(19)9-13)21-15-6-4-14(18)5-7-15/h3-9,12,20H,10-11H2,1-2H3. The van der Waals surface area contributed by atoms with E-state index in [1.54, 1.807) is 11.8 Å². The Labute approximate surface area is 141 Å². The van der Waals surface area contributed by atoms with Crippen LogP contribution in [0.1, 0.15) is 19.4 Å². The summed E-state index contributed by atoms with van der Waals surface area (Å²) in [5, 5.41) is 4.96. The summed E-state index contributed by atoms with van der Waals surface area (Å²) in [4.78, 5) is 2.19. The summed E-state index contributed by atoms with van der Waals surface area (Å²) in [5.74, 6) is 0.653. The lowest BCUT2D eigenvalue weighted by Gasteiger charge is -2.10. The first-order valence-corrected chi connectivity index (χ1v) is 8.54. The van der Waals surface area contributed by atoms with Crippen molar-refractivity contribution in [2.75, 3.05) is 6.54 Å². The van der Waals surface area contributed by atoms with Crippen LogP contribution in [0.5, 0.6) is 0 Å². The van der Waals surface area contributed by atoms with Gasteiger partial charge in [-0.1, -0.05) is 54.9 Å². The second kappa shape index (κ2) is 8.09. The first-order chi connectivity index (χ1) is 10.0. The molecule has 1 N–H and O–H groups in total. The summed E-state index contributed by atoms with van der Waals surface area (Å²) >= 11 is 13.9. The lowest BCUT2D eigenvalue weighted by molar-refractivity contribution is 0.552. The quantitative estimate of drug-likeness (QED) is 0.704. The van der Waals surface area contributed by atoms with Crippen LogP contribution < -0.4 is 5.32 Å². The van der Waals surface area contributed by atoms with Gasteiger partial charge in [0.2, 0.25) is 0 Å². The van der Waals surface area contributed by atoms with Gasteiger partial charge in [0.05, 0.1) is 5.02 Å². The molecular weight excluding hydrogens is 321 g/mol. The molecule has 0 saturated carbocycles. The SMILES string of the molecule is CC(C)CNCc1ccc(Sc2ccc(Cl)cc2)c(Cl)c1. The van der Waals surface area contributed by atoms with Crippen LogP contribution in [-0.2, 0) is 6.54 Å². The van der Waals surface area contributed by atoms with Crippen molar-refractivity contribution in [3.63, 3.8) is 0 Å². The molecule has 112 valence electrons. The normalized spacial score (nSPS) is 11.1. The van der Waals surface area contributed by atoms with Gasteiger partial charge in [0, 0.05) is 21.4 Å². The lowest BCUT2D eigenvalue weighted by atomic mass is 10.2. The molecule has 0 atom stereocenters. The molecule has 0 spiro atoms. The van der Waals surface area contributed by atoms with Crippen LogP contribution in [0, 0.1) is 5.92 Å². The summed E-state index contributed by atoms with van der Waals surface area (Å²) in [6.45, 7) is 6.26. The molecule has 0 heterocycles. The Morgan fingerprint density at radius 3 is 2.38 bits per heavy atom. The molecule has 4 heteroatoms. The predicted molar refractivity (Wildman–Crippen MR) is 93.6 cm³/mol. The van der Waals surface area contributed by atoms with Crippen molar-refractivity contribution in [2.45, 2.75) is 30.2 Å². The first-order valence-electron chi connectivity index (χ1n) is 6.97. The Morgan fingerprint density at radius 1 is 1.05 bits per heavy atom. The number of nitrogens with one attached hydrogen (secondary N) is 1. The van der Waals surface area contributed by atoms with Crippen LogP contribution in [0.4, 0.5) is 0 Å². The van der Waals surface area contributed by atoms with Gasteiger partial charge < -0.3 is 5.32 Å². The maximum absolute atomic E-state index is 6.38. The molecule has 0 fully saturated rings. The van der Waals surface area contributed by atoms with Crippen LogP contribution in [0.15, 0.2) is 52.3 Å². The fraction of sp³-hybridized carbons (Fsp3) is 0.294. The molecule has 21 heavy (non-hydrogen) atoms. The monoisotopic (exact) mass is 339 g/mol. The number of hydrogen-bond donors (Lipinski definition) is 1. The van der Waals surface area contributed by atoms with Crippen molar-refractivity contribution >= 4 is 35.0 Å². The zero-order chi connectivity index (χ0) is 15.2. The van der Waals surface area contributed by atoms with Crippen LogP contribution in [-0.4, -0.2) is 6.54 Å². The maximum Gasteiger partial charge on any atom is 0.0548 e. The molecule has 0 saturated heterocycles. The van der Waals surface area contributed by atoms with E-state index < -0.39 is 0 Å². The van der Waals surface area contributed by atoms with E-state index in [-0.39, 0.29) is 0 Å². The molecule has 1 nitrogen and oxygen atoms in total. The molecule has 0 bridgehead atoms. The van der Waals surface area contributed by atoms with Crippen molar-refractivity contribution in [2.24, 2.45) is 5.92 Å². The number of rotatable bonds is 6. The summed E-state index contributed by atoms with van der Waals surface area (Å²) in [5.41, 5.74) is 1.21. The van der Waals surface area contributed by atoms with Crippen molar-refractivity contribution in [1.82, 2.24) is 5.32 Å². The third-order valence-corrected chi connectivity index (χ3v) is 4.68. The molecule has 0 radical (unpaired) electrons. The number of benzene rings is 2. The Kier molecular flexibility index (Phi) is 6.43. The second-order valence-corrected chi connectivity index (χ2v) is 7.30. The summed E-state index contributed by atoms with van der Waals surface area (Å²) in [7, 11) is 0. The van der Waals surface area contributed by atoms with Crippen molar-refractivity contribution in [3.8, 4) is 0 Å². The van der Waals surface area contributed by atoms with Gasteiger partial charge in [-0.15, -0.1) is 0 Å². The molecule has 0 amide bonds. The van der Waals surface area contributed by atoms with Gasteiger partial charge in [0.1, 0.15) is 0 Å². The van der Waals surface area contributed by atoms with Gasteiger partial charge in [-0.05, 0) is 54.4 Å². The first kappa shape index (κ1) is 16.7. The molecule has 0 unspecified atom stereocenters. The Morgan fingerprint density at radius 2 is 1.76 bits per heavy atom. The summed E-state index contributed by atoms with van der Waals surface area (Å²) in [6, 6.07) is 14.0. The van der Waals surface area contributed by atoms with Gasteiger partial charge in [-0.3, -0.25) is 0 Å². The van der Waals surface area contributed by atoms with Crippen LogP contribution >= 0.6 is 35.0 Å². The van der Waals surface area contributed by atoms with E-state index >= 15 is 0 Å². The molecule has 0 aliphatic carbocycles. The van der Waals surface area contributed by atoms with Gasteiger partial charge in [-0.2, -0.15) is 0 Å². The zero-order valence-corrected chi connectivity index (χ0v) is 14.5. The molecule has 2 aromatic rings. The minimum Gasteiger partial charge on any atom is -0.312 e. The Bertz CT molecular complexity index is 582. The van der Waals surface area contributed by atoms with Gasteiger partial charge in [0.25, 0.3) is 0 Å². The van der Waals surface area contributed by atoms with Gasteiger partial charge in [-0.25, -0.2) is 0 Å². The van der Waals surface area contributed by atoms with E-state index in [2.05, 4.69) is 31.3 Å². The average molecular weight is 340 g/mol. The Hall–Kier alpha value is -0.670. The van der Waals surface area contributed by atoms with E-state index in [0.29, 0.717) is 5.92 Å². The summed E-state index contributed by atoms with van der Waals surface area (Å²) in [6.07, 6.45) is 0. The fourth-order valence-electron chi connectivity index (χ4n) is 1.87. The highest BCUT2D eigenvalue weighted by Crippen LogP contribution is 2.34. The minimum absolute atomic E-state index is 0.653. The minimum atomic E-state index is 0.653. The highest BCUT2D eigenvalue weighted by atomic mass is 35.5. The number of hydrogen-bond acceptors (Lipinski definition) is 2. The molecular formula is C17H19Cl2NS. The van der Waals surface area contributed by atoms with E-state index in [9.17, 15) is 0 Å². The molecule has 0 aliphatic rings. The maximum atomic E-state index is 6.38. The van der Waals surface area contributed by atoms with Crippen molar-refractivity contribution in [3.05, 3.63) is 58.1 Å². The highest BCUT2D eigenvalue weighted by molar-refractivity contribution is 7.99. The van der Waals surface area contributed by atoms with Crippen molar-refractivity contribution in [1.29, 1.82) is 0 Å². The predicted octanol–water partition coefficient (Wildman–Crippen LogP) is 5.89. The van der Waals surface area contributed by atoms with Crippen molar-refractivity contribution < 1.29 is 0 Å². The van der Waals surface area contributed by atoms with Crippen LogP contribution in [0.3, 0.4) is 0 Å². The molecule has 2 rings (SSSR count). The van der Waals surface area contributed by atoms with E-state index in [4.69, 9.17) is 23.2 Å². The third-order valence-electron chi connectivity index (χ3n) is 2.92. The van der Waals surface area contributed by atoms with Crippen LogP contribution in [0.2, 0.25) is 10.0 Å². The van der Waals surface area contributed by atoms with Crippen LogP contribution in [0.25, 0.3) is 0 Å².